The molecule has 146 valence electrons. The SMILES string of the molecule is O=C(NO)c1ccc2c(c1)CN(C(=O)CN[C@H]1C[C@@H]1c1ccc(F)cc1)CC2. The number of hydrogen-bond donors (Lipinski definition) is 3. The van der Waals surface area contributed by atoms with Crippen molar-refractivity contribution in [2.24, 2.45) is 0 Å². The summed E-state index contributed by atoms with van der Waals surface area (Å²) in [6.07, 6.45) is 1.69. The van der Waals surface area contributed by atoms with E-state index in [-0.39, 0.29) is 24.3 Å². The van der Waals surface area contributed by atoms with Crippen LogP contribution in [0.5, 0.6) is 0 Å². The second-order valence-electron chi connectivity index (χ2n) is 7.37. The van der Waals surface area contributed by atoms with Crippen LogP contribution in [0.1, 0.15) is 39.4 Å². The summed E-state index contributed by atoms with van der Waals surface area (Å²) in [7, 11) is 0. The Labute approximate surface area is 162 Å². The van der Waals surface area contributed by atoms with E-state index >= 15 is 0 Å². The molecule has 4 rings (SSSR count). The molecule has 0 aromatic heterocycles. The summed E-state index contributed by atoms with van der Waals surface area (Å²) in [6, 6.07) is 12.0. The molecule has 6 nitrogen and oxygen atoms in total. The summed E-state index contributed by atoms with van der Waals surface area (Å²) in [5, 5.41) is 12.1. The standard InChI is InChI=1S/C21H22FN3O3/c22-17-5-3-14(4-6-17)18-10-19(18)23-11-20(26)25-8-7-13-1-2-15(21(27)24-28)9-16(13)12-25/h1-6,9,18-19,23,28H,7-8,10-12H2,(H,24,27)/t18-,19+/m1/s1. The molecule has 2 amide bonds. The predicted molar refractivity (Wildman–Crippen MR) is 100 cm³/mol. The fourth-order valence-electron chi connectivity index (χ4n) is 3.80. The number of rotatable bonds is 5. The molecule has 0 bridgehead atoms. The highest BCUT2D eigenvalue weighted by Gasteiger charge is 2.38. The monoisotopic (exact) mass is 383 g/mol. The number of nitrogens with one attached hydrogen (secondary N) is 2. The first-order valence-corrected chi connectivity index (χ1v) is 9.38. The van der Waals surface area contributed by atoms with Gasteiger partial charge in [-0.05, 0) is 53.8 Å². The van der Waals surface area contributed by atoms with Gasteiger partial charge >= 0.3 is 0 Å². The maximum absolute atomic E-state index is 13.0. The molecule has 0 saturated heterocycles. The lowest BCUT2D eigenvalue weighted by molar-refractivity contribution is -0.131. The molecule has 1 aliphatic carbocycles. The third-order valence-corrected chi connectivity index (χ3v) is 5.54. The average Bonchev–Trinajstić information content (AvgIpc) is 3.50. The zero-order chi connectivity index (χ0) is 19.7. The number of hydroxylamine groups is 1. The lowest BCUT2D eigenvalue weighted by Gasteiger charge is -2.29. The van der Waals surface area contributed by atoms with Gasteiger partial charge in [-0.1, -0.05) is 18.2 Å². The Morgan fingerprint density at radius 2 is 1.93 bits per heavy atom. The van der Waals surface area contributed by atoms with Gasteiger partial charge in [0.15, 0.2) is 0 Å². The van der Waals surface area contributed by atoms with Gasteiger partial charge in [0.2, 0.25) is 5.91 Å². The van der Waals surface area contributed by atoms with Gasteiger partial charge in [0.1, 0.15) is 5.82 Å². The van der Waals surface area contributed by atoms with E-state index < -0.39 is 5.91 Å². The first-order valence-electron chi connectivity index (χ1n) is 9.38. The van der Waals surface area contributed by atoms with E-state index in [2.05, 4.69) is 5.32 Å². The van der Waals surface area contributed by atoms with Crippen molar-refractivity contribution in [1.29, 1.82) is 0 Å². The van der Waals surface area contributed by atoms with E-state index in [9.17, 15) is 14.0 Å². The molecule has 2 atom stereocenters. The van der Waals surface area contributed by atoms with Crippen molar-refractivity contribution in [3.05, 3.63) is 70.5 Å². The van der Waals surface area contributed by atoms with E-state index in [1.54, 1.807) is 34.6 Å². The Morgan fingerprint density at radius 1 is 1.14 bits per heavy atom. The third kappa shape index (κ3) is 3.90. The third-order valence-electron chi connectivity index (χ3n) is 5.54. The first-order chi connectivity index (χ1) is 13.5. The maximum Gasteiger partial charge on any atom is 0.274 e. The molecule has 1 saturated carbocycles. The highest BCUT2D eigenvalue weighted by Crippen LogP contribution is 2.40. The van der Waals surface area contributed by atoms with Crippen molar-refractivity contribution in [1.82, 2.24) is 15.7 Å². The molecule has 28 heavy (non-hydrogen) atoms. The topological polar surface area (TPSA) is 81.7 Å². The van der Waals surface area contributed by atoms with Crippen molar-refractivity contribution in [3.63, 3.8) is 0 Å². The predicted octanol–water partition coefficient (Wildman–Crippen LogP) is 1.98. The molecule has 1 heterocycles. The van der Waals surface area contributed by atoms with Crippen LogP contribution in [0.4, 0.5) is 4.39 Å². The molecule has 1 fully saturated rings. The van der Waals surface area contributed by atoms with Gasteiger partial charge in [0.25, 0.3) is 5.91 Å². The van der Waals surface area contributed by atoms with Crippen LogP contribution in [0.25, 0.3) is 0 Å². The van der Waals surface area contributed by atoms with E-state index in [0.29, 0.717) is 24.6 Å². The average molecular weight is 383 g/mol. The zero-order valence-electron chi connectivity index (χ0n) is 15.3. The quantitative estimate of drug-likeness (QED) is 0.545. The maximum atomic E-state index is 13.0. The minimum Gasteiger partial charge on any atom is -0.337 e. The Bertz CT molecular complexity index is 900. The van der Waals surface area contributed by atoms with Crippen molar-refractivity contribution in [2.45, 2.75) is 31.3 Å². The fraction of sp³-hybridized carbons (Fsp3) is 0.333. The lowest BCUT2D eigenvalue weighted by Crippen LogP contribution is -2.41. The number of nitrogens with zero attached hydrogens (tertiary/aromatic N) is 1. The Kier molecular flexibility index (Phi) is 5.11. The van der Waals surface area contributed by atoms with Gasteiger partial charge in [0, 0.05) is 30.6 Å². The number of carbonyl (C=O) groups is 2. The Morgan fingerprint density at radius 3 is 2.68 bits per heavy atom. The van der Waals surface area contributed by atoms with Crippen LogP contribution in [-0.2, 0) is 17.8 Å². The van der Waals surface area contributed by atoms with E-state index in [4.69, 9.17) is 5.21 Å². The van der Waals surface area contributed by atoms with Crippen LogP contribution in [0.3, 0.4) is 0 Å². The second kappa shape index (κ2) is 7.69. The minimum absolute atomic E-state index is 0.0208. The Hall–Kier alpha value is -2.77. The largest absolute Gasteiger partial charge is 0.337 e. The molecule has 7 heteroatoms. The lowest BCUT2D eigenvalue weighted by atomic mass is 9.97. The highest BCUT2D eigenvalue weighted by molar-refractivity contribution is 5.93. The first kappa shape index (κ1) is 18.6. The molecule has 3 N–H and O–H groups in total. The molecule has 2 aromatic rings. The summed E-state index contributed by atoms with van der Waals surface area (Å²) in [5.74, 6) is -0.454. The van der Waals surface area contributed by atoms with Gasteiger partial charge in [-0.3, -0.25) is 14.8 Å². The molecule has 2 aliphatic rings. The van der Waals surface area contributed by atoms with Crippen LogP contribution in [0.15, 0.2) is 42.5 Å². The smallest absolute Gasteiger partial charge is 0.274 e. The number of fused-ring (bicyclic) bond motifs is 1. The van der Waals surface area contributed by atoms with Crippen molar-refractivity contribution in [2.75, 3.05) is 13.1 Å². The number of halogens is 1. The van der Waals surface area contributed by atoms with Crippen molar-refractivity contribution >= 4 is 11.8 Å². The van der Waals surface area contributed by atoms with E-state index in [1.165, 1.54) is 12.1 Å². The molecule has 0 radical (unpaired) electrons. The fourth-order valence-corrected chi connectivity index (χ4v) is 3.80. The molecule has 0 spiro atoms. The zero-order valence-corrected chi connectivity index (χ0v) is 15.3. The van der Waals surface area contributed by atoms with Crippen LogP contribution in [0.2, 0.25) is 0 Å². The molecular formula is C21H22FN3O3. The van der Waals surface area contributed by atoms with E-state index in [0.717, 1.165) is 29.5 Å². The minimum atomic E-state index is -0.562. The second-order valence-corrected chi connectivity index (χ2v) is 7.37. The van der Waals surface area contributed by atoms with Gasteiger partial charge in [-0.15, -0.1) is 0 Å². The van der Waals surface area contributed by atoms with E-state index in [1.807, 2.05) is 6.07 Å². The van der Waals surface area contributed by atoms with Gasteiger partial charge < -0.3 is 10.2 Å². The Balaban J connectivity index is 1.32. The normalized spacial score (nSPS) is 20.4. The summed E-state index contributed by atoms with van der Waals surface area (Å²) >= 11 is 0. The molecule has 0 unspecified atom stereocenters. The summed E-state index contributed by atoms with van der Waals surface area (Å²) in [4.78, 5) is 26.0. The molecule has 1 aliphatic heterocycles. The summed E-state index contributed by atoms with van der Waals surface area (Å²) in [5.41, 5.74) is 5.14. The van der Waals surface area contributed by atoms with Crippen LogP contribution >= 0.6 is 0 Å². The number of amides is 2. The van der Waals surface area contributed by atoms with Crippen molar-refractivity contribution < 1.29 is 19.2 Å². The summed E-state index contributed by atoms with van der Waals surface area (Å²) < 4.78 is 13.0. The van der Waals surface area contributed by atoms with Gasteiger partial charge in [0.05, 0.1) is 6.54 Å². The van der Waals surface area contributed by atoms with Crippen molar-refractivity contribution in [3.8, 4) is 0 Å². The summed E-state index contributed by atoms with van der Waals surface area (Å²) in [6.45, 7) is 1.36. The number of hydrogen-bond acceptors (Lipinski definition) is 4. The highest BCUT2D eigenvalue weighted by atomic mass is 19.1. The van der Waals surface area contributed by atoms with Gasteiger partial charge in [-0.25, -0.2) is 9.87 Å². The number of benzene rings is 2. The molecular weight excluding hydrogens is 361 g/mol. The van der Waals surface area contributed by atoms with Crippen LogP contribution in [-0.4, -0.2) is 41.1 Å². The number of carbonyl (C=O) groups excluding carboxylic acids is 2. The molecule has 2 aromatic carbocycles. The van der Waals surface area contributed by atoms with Crippen LogP contribution < -0.4 is 10.8 Å². The van der Waals surface area contributed by atoms with Crippen LogP contribution in [0, 0.1) is 5.82 Å². The van der Waals surface area contributed by atoms with Gasteiger partial charge in [-0.2, -0.15) is 0 Å².